The maximum atomic E-state index is 9.66. The monoisotopic (exact) mass is 344 g/mol. The molecule has 1 aromatic carbocycles. The first-order chi connectivity index (χ1) is 8.52. The number of aromatic hydroxyl groups is 1. The van der Waals surface area contributed by atoms with Crippen LogP contribution in [-0.2, 0) is 0 Å². The van der Waals surface area contributed by atoms with Gasteiger partial charge in [-0.15, -0.1) is 11.8 Å². The van der Waals surface area contributed by atoms with E-state index in [0.29, 0.717) is 20.2 Å². The lowest BCUT2D eigenvalue weighted by atomic mass is 10.0. The first-order valence-corrected chi connectivity index (χ1v) is 8.13. The topological polar surface area (TPSA) is 20.2 Å². The number of rotatable bonds is 2. The van der Waals surface area contributed by atoms with Crippen molar-refractivity contribution in [2.75, 3.05) is 0 Å². The molecule has 0 bridgehead atoms. The van der Waals surface area contributed by atoms with E-state index in [4.69, 9.17) is 46.4 Å². The van der Waals surface area contributed by atoms with Gasteiger partial charge in [-0.3, -0.25) is 0 Å². The second-order valence-electron chi connectivity index (χ2n) is 4.31. The molecule has 0 spiro atoms. The fourth-order valence-electron chi connectivity index (χ4n) is 2.05. The lowest BCUT2D eigenvalue weighted by Crippen LogP contribution is -2.08. The summed E-state index contributed by atoms with van der Waals surface area (Å²) < 4.78 is 0. The van der Waals surface area contributed by atoms with Gasteiger partial charge in [-0.05, 0) is 12.8 Å². The van der Waals surface area contributed by atoms with Crippen molar-refractivity contribution < 1.29 is 5.11 Å². The molecule has 1 aliphatic rings. The van der Waals surface area contributed by atoms with E-state index in [9.17, 15) is 5.11 Å². The third-order valence-corrected chi connectivity index (χ3v) is 6.39. The zero-order chi connectivity index (χ0) is 13.3. The second kappa shape index (κ2) is 6.32. The van der Waals surface area contributed by atoms with Crippen LogP contribution in [0.3, 0.4) is 0 Å². The van der Waals surface area contributed by atoms with Crippen molar-refractivity contribution in [3.63, 3.8) is 0 Å². The Morgan fingerprint density at radius 2 is 1.33 bits per heavy atom. The van der Waals surface area contributed by atoms with Crippen molar-refractivity contribution >= 4 is 58.2 Å². The molecular weight excluding hydrogens is 334 g/mol. The Labute approximate surface area is 131 Å². The summed E-state index contributed by atoms with van der Waals surface area (Å²) in [6.45, 7) is 0. The van der Waals surface area contributed by atoms with Crippen molar-refractivity contribution in [3.05, 3.63) is 20.1 Å². The Kier molecular flexibility index (Phi) is 5.24. The smallest absolute Gasteiger partial charge is 0.155 e. The van der Waals surface area contributed by atoms with Gasteiger partial charge < -0.3 is 5.11 Å². The zero-order valence-corrected chi connectivity index (χ0v) is 13.3. The molecule has 1 saturated carbocycles. The van der Waals surface area contributed by atoms with Crippen molar-refractivity contribution in [2.24, 2.45) is 0 Å². The number of hydrogen-bond donors (Lipinski definition) is 1. The van der Waals surface area contributed by atoms with Gasteiger partial charge in [0.15, 0.2) is 5.75 Å². The fourth-order valence-corrected chi connectivity index (χ4v) is 4.59. The summed E-state index contributed by atoms with van der Waals surface area (Å²) in [6.07, 6.45) is 6.04. The molecule has 0 saturated heterocycles. The summed E-state index contributed by atoms with van der Waals surface area (Å²) >= 11 is 25.8. The van der Waals surface area contributed by atoms with Crippen molar-refractivity contribution in [2.45, 2.75) is 42.2 Å². The summed E-state index contributed by atoms with van der Waals surface area (Å²) in [4.78, 5) is 0.679. The predicted octanol–water partition coefficient (Wildman–Crippen LogP) is 6.43. The summed E-state index contributed by atoms with van der Waals surface area (Å²) in [6, 6.07) is 0. The standard InChI is InChI=1S/C12H12Cl4OS/c13-7-9(15)12(10(16)8(14)11(7)17)18-6-4-2-1-3-5-6/h6,17H,1-5H2. The van der Waals surface area contributed by atoms with E-state index in [2.05, 4.69) is 0 Å². The van der Waals surface area contributed by atoms with Crippen LogP contribution in [-0.4, -0.2) is 10.4 Å². The van der Waals surface area contributed by atoms with Gasteiger partial charge in [0.25, 0.3) is 0 Å². The van der Waals surface area contributed by atoms with E-state index < -0.39 is 0 Å². The molecule has 0 heterocycles. The molecule has 1 nitrogen and oxygen atoms in total. The molecule has 1 fully saturated rings. The van der Waals surface area contributed by atoms with Gasteiger partial charge in [0.05, 0.1) is 10.0 Å². The summed E-state index contributed by atoms with van der Waals surface area (Å²) in [5.41, 5.74) is 0. The molecule has 1 aliphatic carbocycles. The van der Waals surface area contributed by atoms with Gasteiger partial charge in [0, 0.05) is 10.1 Å². The molecule has 0 aromatic heterocycles. The number of thioether (sulfide) groups is 1. The maximum absolute atomic E-state index is 9.66. The largest absolute Gasteiger partial charge is 0.505 e. The summed E-state index contributed by atoms with van der Waals surface area (Å²) in [7, 11) is 0. The number of phenols is 1. The number of phenolic OH excluding ortho intramolecular Hbond substituents is 1. The highest BCUT2D eigenvalue weighted by molar-refractivity contribution is 8.00. The van der Waals surface area contributed by atoms with Crippen LogP contribution in [0.1, 0.15) is 32.1 Å². The molecule has 0 amide bonds. The molecule has 0 aliphatic heterocycles. The lowest BCUT2D eigenvalue weighted by molar-refractivity contribution is 0.475. The second-order valence-corrected chi connectivity index (χ2v) is 7.13. The normalized spacial score (nSPS) is 17.1. The van der Waals surface area contributed by atoms with Crippen LogP contribution in [0.25, 0.3) is 0 Å². The van der Waals surface area contributed by atoms with Crippen LogP contribution in [0.4, 0.5) is 0 Å². The van der Waals surface area contributed by atoms with Gasteiger partial charge in [0.1, 0.15) is 10.0 Å². The highest BCUT2D eigenvalue weighted by Gasteiger charge is 2.23. The molecule has 1 N–H and O–H groups in total. The molecular formula is C12H12Cl4OS. The minimum Gasteiger partial charge on any atom is -0.505 e. The molecule has 6 heteroatoms. The average Bonchev–Trinajstić information content (AvgIpc) is 2.40. The summed E-state index contributed by atoms with van der Waals surface area (Å²) in [5, 5.41) is 10.9. The quantitative estimate of drug-likeness (QED) is 0.623. The van der Waals surface area contributed by atoms with Crippen LogP contribution in [0.2, 0.25) is 20.1 Å². The molecule has 1 aromatic rings. The Morgan fingerprint density at radius 3 is 1.83 bits per heavy atom. The average molecular weight is 346 g/mol. The molecule has 18 heavy (non-hydrogen) atoms. The van der Waals surface area contributed by atoms with E-state index >= 15 is 0 Å². The Morgan fingerprint density at radius 1 is 0.833 bits per heavy atom. The third-order valence-electron chi connectivity index (χ3n) is 3.04. The van der Waals surface area contributed by atoms with Crippen molar-refractivity contribution in [1.29, 1.82) is 0 Å². The zero-order valence-electron chi connectivity index (χ0n) is 9.48. The Balaban J connectivity index is 2.32. The number of halogens is 4. The van der Waals surface area contributed by atoms with E-state index in [1.807, 2.05) is 0 Å². The van der Waals surface area contributed by atoms with Gasteiger partial charge in [-0.25, -0.2) is 0 Å². The van der Waals surface area contributed by atoms with Gasteiger partial charge in [-0.2, -0.15) is 0 Å². The minimum atomic E-state index is -0.249. The summed E-state index contributed by atoms with van der Waals surface area (Å²) in [5.74, 6) is -0.249. The van der Waals surface area contributed by atoms with Gasteiger partial charge >= 0.3 is 0 Å². The van der Waals surface area contributed by atoms with E-state index in [1.165, 1.54) is 19.3 Å². The molecule has 2 rings (SSSR count). The maximum Gasteiger partial charge on any atom is 0.155 e. The van der Waals surface area contributed by atoms with Gasteiger partial charge in [0.2, 0.25) is 0 Å². The first kappa shape index (κ1) is 14.9. The lowest BCUT2D eigenvalue weighted by Gasteiger charge is -2.22. The number of benzene rings is 1. The predicted molar refractivity (Wildman–Crippen MR) is 80.9 cm³/mol. The van der Waals surface area contributed by atoms with Crippen LogP contribution in [0.15, 0.2) is 4.90 Å². The van der Waals surface area contributed by atoms with E-state index in [-0.39, 0.29) is 15.8 Å². The van der Waals surface area contributed by atoms with E-state index in [0.717, 1.165) is 12.8 Å². The van der Waals surface area contributed by atoms with Gasteiger partial charge in [-0.1, -0.05) is 65.7 Å². The number of hydrogen-bond acceptors (Lipinski definition) is 2. The van der Waals surface area contributed by atoms with Crippen molar-refractivity contribution in [1.82, 2.24) is 0 Å². The molecule has 0 unspecified atom stereocenters. The van der Waals surface area contributed by atoms with Crippen LogP contribution in [0.5, 0.6) is 5.75 Å². The van der Waals surface area contributed by atoms with Crippen LogP contribution >= 0.6 is 58.2 Å². The van der Waals surface area contributed by atoms with E-state index in [1.54, 1.807) is 11.8 Å². The Hall–Kier alpha value is 0.530. The van der Waals surface area contributed by atoms with Crippen molar-refractivity contribution in [3.8, 4) is 5.75 Å². The molecule has 0 radical (unpaired) electrons. The third kappa shape index (κ3) is 2.99. The highest BCUT2D eigenvalue weighted by atomic mass is 35.5. The Bertz CT molecular complexity index is 429. The highest BCUT2D eigenvalue weighted by Crippen LogP contribution is 2.50. The first-order valence-electron chi connectivity index (χ1n) is 5.74. The molecule has 100 valence electrons. The SMILES string of the molecule is Oc1c(Cl)c(Cl)c(SC2CCCCC2)c(Cl)c1Cl. The minimum absolute atomic E-state index is 0.0735. The van der Waals surface area contributed by atoms with Crippen LogP contribution in [0, 0.1) is 0 Å². The fraction of sp³-hybridized carbons (Fsp3) is 0.500. The molecule has 0 atom stereocenters. The van der Waals surface area contributed by atoms with Crippen LogP contribution < -0.4 is 0 Å².